The van der Waals surface area contributed by atoms with E-state index in [0.29, 0.717) is 60.5 Å². The highest BCUT2D eigenvalue weighted by atomic mass is 35.5. The molecule has 1 saturated heterocycles. The van der Waals surface area contributed by atoms with E-state index in [4.69, 9.17) is 16.3 Å². The molecule has 318 valence electrons. The van der Waals surface area contributed by atoms with Crippen molar-refractivity contribution in [1.29, 1.82) is 0 Å². The van der Waals surface area contributed by atoms with Gasteiger partial charge in [0.25, 0.3) is 0 Å². The van der Waals surface area contributed by atoms with Gasteiger partial charge in [-0.05, 0) is 148 Å². The van der Waals surface area contributed by atoms with Crippen LogP contribution in [0, 0.1) is 62.1 Å². The van der Waals surface area contributed by atoms with Crippen molar-refractivity contribution in [2.75, 3.05) is 20.1 Å². The number of Topliss-reactive ketones (excluding diaryl/α,β-unsaturated/α-hetero) is 1. The molecule has 0 radical (unpaired) electrons. The minimum absolute atomic E-state index is 0.00557. The maximum atomic E-state index is 14.8. The monoisotopic (exact) mass is 816 g/mol. The van der Waals surface area contributed by atoms with E-state index in [-0.39, 0.29) is 57.0 Å². The predicted octanol–water partition coefficient (Wildman–Crippen LogP) is 9.77. The number of esters is 1. The molecule has 1 aromatic rings. The van der Waals surface area contributed by atoms with Gasteiger partial charge in [-0.2, -0.15) is 0 Å². The first kappa shape index (κ1) is 42.0. The SMILES string of the molecule is CC(C)C1=C2[C@H]3CC[C@@H]4[C@@]5(C)CC[C@H](OC(=O)CC(C)(C)C(=O)O)C(C)(C)[C@@H]5CC[C@@]4(C)[C@]3(C)CC3CC[C@]4(CN(Cc5ccc(Cl)cc5)C(=O)CN4C)C23CC1=O. The second-order valence-corrected chi connectivity index (χ2v) is 23.0. The molecule has 0 bridgehead atoms. The molecule has 2 spiro atoms. The number of ketones is 1. The van der Waals surface area contributed by atoms with Crippen molar-refractivity contribution in [2.45, 2.75) is 151 Å². The van der Waals surface area contributed by atoms with Gasteiger partial charge in [0.05, 0.1) is 18.4 Å². The van der Waals surface area contributed by atoms with Gasteiger partial charge in [0.15, 0.2) is 5.78 Å². The highest BCUT2D eigenvalue weighted by Crippen LogP contribution is 2.80. The summed E-state index contributed by atoms with van der Waals surface area (Å²) in [5.74, 6) is 0.770. The number of piperazine rings is 1. The first-order valence-corrected chi connectivity index (χ1v) is 22.8. The number of benzene rings is 1. The largest absolute Gasteiger partial charge is 0.481 e. The maximum Gasteiger partial charge on any atom is 0.309 e. The van der Waals surface area contributed by atoms with Crippen LogP contribution in [0.1, 0.15) is 139 Å². The van der Waals surface area contributed by atoms with Crippen LogP contribution in [0.25, 0.3) is 0 Å². The van der Waals surface area contributed by atoms with Crippen molar-refractivity contribution in [1.82, 2.24) is 9.80 Å². The van der Waals surface area contributed by atoms with E-state index in [9.17, 15) is 24.3 Å². The molecule has 9 heteroatoms. The Morgan fingerprint density at radius 2 is 1.62 bits per heavy atom. The van der Waals surface area contributed by atoms with Crippen molar-refractivity contribution in [3.8, 4) is 0 Å². The summed E-state index contributed by atoms with van der Waals surface area (Å²) in [5.41, 5.74) is 1.79. The molecule has 5 saturated carbocycles. The molecular weight excluding hydrogens is 748 g/mol. The van der Waals surface area contributed by atoms with Crippen molar-refractivity contribution in [3.63, 3.8) is 0 Å². The summed E-state index contributed by atoms with van der Waals surface area (Å²) in [4.78, 5) is 58.2. The Labute approximate surface area is 352 Å². The van der Waals surface area contributed by atoms with Gasteiger partial charge in [-0.15, -0.1) is 0 Å². The van der Waals surface area contributed by atoms with Crippen molar-refractivity contribution >= 4 is 35.2 Å². The number of carbonyl (C=O) groups is 4. The number of likely N-dealkylation sites (N-methyl/N-ethyl adjacent to an activating group) is 1. The Bertz CT molecular complexity index is 1940. The third-order valence-corrected chi connectivity index (χ3v) is 19.2. The first-order chi connectivity index (χ1) is 27.0. The van der Waals surface area contributed by atoms with E-state index in [2.05, 4.69) is 65.3 Å². The fraction of sp³-hybridized carbons (Fsp3) is 0.755. The van der Waals surface area contributed by atoms with Crippen LogP contribution in [0.5, 0.6) is 0 Å². The van der Waals surface area contributed by atoms with Crippen LogP contribution in [-0.2, 0) is 30.5 Å². The number of hydrogen-bond acceptors (Lipinski definition) is 6. The summed E-state index contributed by atoms with van der Waals surface area (Å²) in [6.07, 6.45) is 9.48. The molecule has 10 atom stereocenters. The van der Waals surface area contributed by atoms with E-state index in [1.807, 2.05) is 24.3 Å². The molecule has 0 aromatic heterocycles. The number of nitrogens with zero attached hydrogens (tertiary/aromatic N) is 2. The van der Waals surface area contributed by atoms with Crippen molar-refractivity contribution in [3.05, 3.63) is 46.0 Å². The Balaban J connectivity index is 1.14. The standard InChI is InChI=1S/C49H69ClN2O6/c1-29(2)40-34(53)24-49-31(17-22-48(49)28-52(38(54)27-51(48)10)26-30-11-13-32(50)14-12-30)23-47(9)33(41(40)49)15-16-36-45(7)20-19-37(58-39(55)25-43(3,4)42(56)57)44(5,6)35(45)18-21-46(36,47)8/h11-14,29,31,33,35-37H,15-28H2,1-10H3,(H,56,57)/t31?,33-,35+,36-,37+,45+,46-,47-,48+,49?/m1/s1. The summed E-state index contributed by atoms with van der Waals surface area (Å²) in [5, 5.41) is 10.4. The molecule has 58 heavy (non-hydrogen) atoms. The fourth-order valence-electron chi connectivity index (χ4n) is 16.1. The average Bonchev–Trinajstić information content (AvgIpc) is 3.61. The molecular formula is C49H69ClN2O6. The smallest absolute Gasteiger partial charge is 0.309 e. The zero-order chi connectivity index (χ0) is 42.2. The predicted molar refractivity (Wildman–Crippen MR) is 226 cm³/mol. The Morgan fingerprint density at radius 1 is 0.931 bits per heavy atom. The van der Waals surface area contributed by atoms with Gasteiger partial charge >= 0.3 is 11.9 Å². The van der Waals surface area contributed by atoms with Crippen molar-refractivity contribution < 1.29 is 29.0 Å². The van der Waals surface area contributed by atoms with Gasteiger partial charge in [0.1, 0.15) is 6.10 Å². The Hall–Kier alpha value is -2.71. The lowest BCUT2D eigenvalue weighted by Crippen LogP contribution is -2.72. The van der Waals surface area contributed by atoms with Gasteiger partial charge in [-0.1, -0.05) is 77.8 Å². The van der Waals surface area contributed by atoms with E-state index in [0.717, 1.165) is 68.9 Å². The summed E-state index contributed by atoms with van der Waals surface area (Å²) in [6.45, 7) is 21.6. The van der Waals surface area contributed by atoms with E-state index in [1.165, 1.54) is 5.57 Å². The number of carbonyl (C=O) groups excluding carboxylic acids is 3. The number of fused-ring (bicyclic) bond motifs is 6. The molecule has 8 rings (SSSR count). The molecule has 1 N–H and O–H groups in total. The zero-order valence-corrected chi connectivity index (χ0v) is 37.7. The van der Waals surface area contributed by atoms with Gasteiger partial charge < -0.3 is 14.7 Å². The van der Waals surface area contributed by atoms with Crippen LogP contribution < -0.4 is 0 Å². The Morgan fingerprint density at radius 3 is 2.28 bits per heavy atom. The van der Waals surface area contributed by atoms with Crippen LogP contribution in [0.2, 0.25) is 5.02 Å². The molecule has 1 aliphatic heterocycles. The number of allylic oxidation sites excluding steroid dienone is 1. The molecule has 6 aliphatic carbocycles. The minimum Gasteiger partial charge on any atom is -0.481 e. The van der Waals surface area contributed by atoms with Crippen molar-refractivity contribution in [2.24, 2.45) is 62.1 Å². The first-order valence-electron chi connectivity index (χ1n) is 22.4. The molecule has 6 fully saturated rings. The van der Waals surface area contributed by atoms with Crippen LogP contribution in [0.3, 0.4) is 0 Å². The third kappa shape index (κ3) is 5.67. The Kier molecular flexibility index (Phi) is 9.88. The highest BCUT2D eigenvalue weighted by molar-refractivity contribution is 6.30. The quantitative estimate of drug-likeness (QED) is 0.274. The second-order valence-electron chi connectivity index (χ2n) is 22.6. The number of rotatable bonds is 7. The van der Waals surface area contributed by atoms with Crippen LogP contribution in [-0.4, -0.2) is 70.3 Å². The maximum absolute atomic E-state index is 14.8. The van der Waals surface area contributed by atoms with Gasteiger partial charge in [-0.3, -0.25) is 24.1 Å². The lowest BCUT2D eigenvalue weighted by Gasteiger charge is -2.73. The number of carboxylic acids is 1. The number of ether oxygens (including phenoxy) is 1. The van der Waals surface area contributed by atoms with E-state index in [1.54, 1.807) is 13.8 Å². The number of amides is 1. The van der Waals surface area contributed by atoms with Crippen LogP contribution in [0.15, 0.2) is 35.4 Å². The number of halogens is 1. The summed E-state index contributed by atoms with van der Waals surface area (Å²) >= 11 is 6.26. The molecule has 7 aliphatic rings. The fourth-order valence-corrected chi connectivity index (χ4v) is 16.2. The van der Waals surface area contributed by atoms with Gasteiger partial charge in [-0.25, -0.2) is 0 Å². The number of carboxylic acid groups (broad SMARTS) is 1. The normalized spacial score (nSPS) is 40.9. The lowest BCUT2D eigenvalue weighted by atomic mass is 9.32. The van der Waals surface area contributed by atoms with Crippen LogP contribution >= 0.6 is 11.6 Å². The lowest BCUT2D eigenvalue weighted by molar-refractivity contribution is -0.239. The van der Waals surface area contributed by atoms with Gasteiger partial charge in [0.2, 0.25) is 5.91 Å². The molecule has 1 heterocycles. The van der Waals surface area contributed by atoms with Crippen LogP contribution in [0.4, 0.5) is 0 Å². The molecule has 8 nitrogen and oxygen atoms in total. The molecule has 2 unspecified atom stereocenters. The van der Waals surface area contributed by atoms with E-state index < -0.39 is 17.4 Å². The summed E-state index contributed by atoms with van der Waals surface area (Å²) < 4.78 is 6.23. The van der Waals surface area contributed by atoms with E-state index >= 15 is 0 Å². The topological polar surface area (TPSA) is 104 Å². The summed E-state index contributed by atoms with van der Waals surface area (Å²) in [6, 6.07) is 7.87. The highest BCUT2D eigenvalue weighted by Gasteiger charge is 2.77. The second kappa shape index (κ2) is 13.6. The molecule has 1 aromatic carbocycles. The minimum atomic E-state index is -1.17. The zero-order valence-electron chi connectivity index (χ0n) is 36.9. The van der Waals surface area contributed by atoms with Gasteiger partial charge in [0, 0.05) is 40.9 Å². The summed E-state index contributed by atoms with van der Waals surface area (Å²) in [7, 11) is 2.17. The molecule has 1 amide bonds. The average molecular weight is 818 g/mol. The number of hydrogen-bond donors (Lipinski definition) is 1. The number of aliphatic carboxylic acids is 1. The third-order valence-electron chi connectivity index (χ3n) is 19.0.